The molecule has 3 heterocycles. The summed E-state index contributed by atoms with van der Waals surface area (Å²) < 4.78 is 1.72. The maximum absolute atomic E-state index is 13.1. The van der Waals surface area contributed by atoms with Crippen LogP contribution < -0.4 is 16.0 Å². The molecule has 3 saturated carbocycles. The highest BCUT2D eigenvalue weighted by Gasteiger charge is 2.48. The molecule has 0 spiro atoms. The Morgan fingerprint density at radius 3 is 2.58 bits per heavy atom. The summed E-state index contributed by atoms with van der Waals surface area (Å²) in [5, 5.41) is 33.2. The number of amides is 2. The maximum atomic E-state index is 13.1. The van der Waals surface area contributed by atoms with Crippen molar-refractivity contribution >= 4 is 23.0 Å². The minimum Gasteiger partial charge on any atom is -0.390 e. The molecule has 3 fully saturated rings. The van der Waals surface area contributed by atoms with Gasteiger partial charge in [-0.25, -0.2) is 4.52 Å². The van der Waals surface area contributed by atoms with Gasteiger partial charge in [0, 0.05) is 31.7 Å². The number of hydrogen-bond donors (Lipinski definition) is 4. The normalized spacial score (nSPS) is 22.7. The zero-order valence-corrected chi connectivity index (χ0v) is 20.2. The molecule has 2 bridgehead atoms. The van der Waals surface area contributed by atoms with E-state index in [1.165, 1.54) is 6.20 Å². The molecule has 0 atom stereocenters. The lowest BCUT2D eigenvalue weighted by Crippen LogP contribution is -2.54. The van der Waals surface area contributed by atoms with Crippen molar-refractivity contribution < 1.29 is 14.7 Å². The van der Waals surface area contributed by atoms with Crippen LogP contribution in [0.3, 0.4) is 0 Å². The van der Waals surface area contributed by atoms with Crippen LogP contribution in [0.4, 0.5) is 5.69 Å². The summed E-state index contributed by atoms with van der Waals surface area (Å²) in [6, 6.07) is 9.48. The molecule has 6 rings (SSSR count). The van der Waals surface area contributed by atoms with E-state index >= 15 is 0 Å². The van der Waals surface area contributed by atoms with Gasteiger partial charge in [0.2, 0.25) is 5.91 Å². The van der Waals surface area contributed by atoms with E-state index in [9.17, 15) is 20.0 Å². The molecule has 3 aromatic rings. The highest BCUT2D eigenvalue weighted by molar-refractivity contribution is 6.00. The van der Waals surface area contributed by atoms with Crippen molar-refractivity contribution in [2.24, 2.45) is 0 Å². The van der Waals surface area contributed by atoms with Crippen LogP contribution >= 0.6 is 0 Å². The van der Waals surface area contributed by atoms with Crippen molar-refractivity contribution in [3.05, 3.63) is 47.8 Å². The van der Waals surface area contributed by atoms with Gasteiger partial charge in [-0.05, 0) is 62.8 Å². The van der Waals surface area contributed by atoms with Crippen LogP contribution in [-0.2, 0) is 4.79 Å². The van der Waals surface area contributed by atoms with Crippen molar-refractivity contribution in [3.63, 3.8) is 0 Å². The Bertz CT molecular complexity index is 1350. The molecule has 0 aromatic carbocycles. The molecule has 3 aliphatic rings. The molecule has 10 nitrogen and oxygen atoms in total. The summed E-state index contributed by atoms with van der Waals surface area (Å²) in [5.41, 5.74) is 2.92. The quantitative estimate of drug-likeness (QED) is 0.400. The van der Waals surface area contributed by atoms with Crippen LogP contribution in [0.25, 0.3) is 16.9 Å². The van der Waals surface area contributed by atoms with Gasteiger partial charge in [0.1, 0.15) is 6.07 Å². The minimum absolute atomic E-state index is 0.148. The summed E-state index contributed by atoms with van der Waals surface area (Å²) in [4.78, 5) is 29.2. The van der Waals surface area contributed by atoms with Crippen molar-refractivity contribution in [1.29, 1.82) is 5.26 Å². The van der Waals surface area contributed by atoms with E-state index in [-0.39, 0.29) is 30.3 Å². The first kappa shape index (κ1) is 23.8. The first-order valence-electron chi connectivity index (χ1n) is 12.2. The summed E-state index contributed by atoms with van der Waals surface area (Å²) in [6.45, 7) is 0.215. The number of pyridine rings is 1. The number of carbonyl (C=O) groups excluding carboxylic acids is 2. The van der Waals surface area contributed by atoms with E-state index in [1.807, 2.05) is 18.2 Å². The zero-order valence-electron chi connectivity index (χ0n) is 20.2. The van der Waals surface area contributed by atoms with Crippen LogP contribution in [0.5, 0.6) is 0 Å². The van der Waals surface area contributed by atoms with Gasteiger partial charge >= 0.3 is 0 Å². The van der Waals surface area contributed by atoms with Gasteiger partial charge in [0.05, 0.1) is 45.5 Å². The van der Waals surface area contributed by atoms with Crippen LogP contribution in [0, 0.1) is 11.3 Å². The Hall–Kier alpha value is -3.97. The number of fused-ring (bicyclic) bond motifs is 4. The van der Waals surface area contributed by atoms with Crippen LogP contribution in [0.2, 0.25) is 0 Å². The largest absolute Gasteiger partial charge is 0.390 e. The third-order valence-electron chi connectivity index (χ3n) is 7.56. The van der Waals surface area contributed by atoms with Crippen LogP contribution in [0.1, 0.15) is 60.9 Å². The van der Waals surface area contributed by atoms with Crippen molar-refractivity contribution in [2.75, 3.05) is 18.9 Å². The number of nitrogens with zero attached hydrogens (tertiary/aromatic N) is 4. The molecule has 2 amide bonds. The van der Waals surface area contributed by atoms with Gasteiger partial charge < -0.3 is 21.1 Å². The van der Waals surface area contributed by atoms with Crippen molar-refractivity contribution in [2.45, 2.75) is 56.1 Å². The summed E-state index contributed by atoms with van der Waals surface area (Å²) in [6.07, 6.45) is 7.93. The number of carbonyl (C=O) groups is 2. The predicted octanol–water partition coefficient (Wildman–Crippen LogP) is 2.38. The Morgan fingerprint density at radius 1 is 1.14 bits per heavy atom. The second kappa shape index (κ2) is 9.24. The highest BCUT2D eigenvalue weighted by atomic mass is 16.3. The first-order valence-corrected chi connectivity index (χ1v) is 12.2. The van der Waals surface area contributed by atoms with Gasteiger partial charge in [-0.15, -0.1) is 0 Å². The number of hydrogen-bond acceptors (Lipinski definition) is 7. The number of rotatable bonds is 7. The Balaban J connectivity index is 1.48. The van der Waals surface area contributed by atoms with E-state index < -0.39 is 5.60 Å². The molecule has 10 heteroatoms. The number of aliphatic hydroxyl groups is 1. The Labute approximate surface area is 208 Å². The minimum atomic E-state index is -0.564. The molecule has 186 valence electrons. The van der Waals surface area contributed by atoms with Crippen molar-refractivity contribution in [1.82, 2.24) is 25.2 Å². The lowest BCUT2D eigenvalue weighted by atomic mass is 9.63. The molecule has 3 aliphatic carbocycles. The SMILES string of the molecule is CNC(=O)CCNC(=O)c1cnc(-c2ccc3cc(C#N)cnn23)cc1NC12CCC(O)(CC1)CC2. The predicted molar refractivity (Wildman–Crippen MR) is 133 cm³/mol. The third-order valence-corrected chi connectivity index (χ3v) is 7.56. The van der Waals surface area contributed by atoms with Gasteiger partial charge in [0.15, 0.2) is 0 Å². The van der Waals surface area contributed by atoms with Crippen molar-refractivity contribution in [3.8, 4) is 17.5 Å². The zero-order chi connectivity index (χ0) is 25.3. The lowest BCUT2D eigenvalue weighted by Gasteiger charge is -2.51. The monoisotopic (exact) mass is 487 g/mol. The average molecular weight is 488 g/mol. The van der Waals surface area contributed by atoms with Gasteiger partial charge in [-0.1, -0.05) is 0 Å². The molecule has 0 saturated heterocycles. The first-order chi connectivity index (χ1) is 17.3. The van der Waals surface area contributed by atoms with Crippen LogP contribution in [0.15, 0.2) is 36.7 Å². The van der Waals surface area contributed by atoms with E-state index in [1.54, 1.807) is 23.8 Å². The third kappa shape index (κ3) is 4.50. The fraction of sp³-hybridized carbons (Fsp3) is 0.423. The summed E-state index contributed by atoms with van der Waals surface area (Å²) in [5.74, 6) is -0.457. The van der Waals surface area contributed by atoms with E-state index in [4.69, 9.17) is 0 Å². The summed E-state index contributed by atoms with van der Waals surface area (Å²) >= 11 is 0. The highest BCUT2D eigenvalue weighted by Crippen LogP contribution is 2.48. The number of anilines is 1. The molecule has 3 aromatic heterocycles. The number of nitrogens with one attached hydrogen (secondary N) is 3. The standard InChI is InChI=1S/C26H29N7O3/c1-28-23(34)4-11-29-24(35)19-16-30-21(22-3-2-18-12-17(14-27)15-31-33(18)22)13-20(19)32-25-5-8-26(36,9-6-25)10-7-25/h2-3,12-13,15-16,36H,4-11H2,1H3,(H,28,34)(H,29,35)(H,30,32). The molecular formula is C26H29N7O3. The van der Waals surface area contributed by atoms with Crippen LogP contribution in [-0.4, -0.2) is 56.3 Å². The molecule has 0 unspecified atom stereocenters. The average Bonchev–Trinajstić information content (AvgIpc) is 3.32. The topological polar surface area (TPSA) is 144 Å². The van der Waals surface area contributed by atoms with E-state index in [0.717, 1.165) is 49.7 Å². The fourth-order valence-electron chi connectivity index (χ4n) is 5.28. The van der Waals surface area contributed by atoms with Gasteiger partial charge in [0.25, 0.3) is 5.91 Å². The Kier molecular flexibility index (Phi) is 6.10. The van der Waals surface area contributed by atoms with Gasteiger partial charge in [-0.3, -0.25) is 14.6 Å². The summed E-state index contributed by atoms with van der Waals surface area (Å²) in [7, 11) is 1.56. The fourth-order valence-corrected chi connectivity index (χ4v) is 5.28. The lowest BCUT2D eigenvalue weighted by molar-refractivity contribution is -0.120. The van der Waals surface area contributed by atoms with E-state index in [0.29, 0.717) is 22.5 Å². The maximum Gasteiger partial charge on any atom is 0.254 e. The molecule has 0 radical (unpaired) electrons. The van der Waals surface area contributed by atoms with Gasteiger partial charge in [-0.2, -0.15) is 10.4 Å². The second-order valence-corrected chi connectivity index (χ2v) is 9.84. The Morgan fingerprint density at radius 2 is 1.89 bits per heavy atom. The second-order valence-electron chi connectivity index (χ2n) is 9.84. The molecule has 4 N–H and O–H groups in total. The number of aromatic nitrogens is 3. The number of nitriles is 1. The van der Waals surface area contributed by atoms with E-state index in [2.05, 4.69) is 32.1 Å². The molecule has 0 aliphatic heterocycles. The smallest absolute Gasteiger partial charge is 0.254 e. The molecular weight excluding hydrogens is 458 g/mol. The molecule has 36 heavy (non-hydrogen) atoms.